The van der Waals surface area contributed by atoms with Crippen LogP contribution < -0.4 is 10.5 Å². The first-order valence-electron chi connectivity index (χ1n) is 6.86. The lowest BCUT2D eigenvalue weighted by atomic mass is 9.78. The van der Waals surface area contributed by atoms with Gasteiger partial charge in [-0.1, -0.05) is 6.92 Å². The zero-order valence-corrected chi connectivity index (χ0v) is 12.4. The third-order valence-corrected chi connectivity index (χ3v) is 5.69. The van der Waals surface area contributed by atoms with Gasteiger partial charge < -0.3 is 5.73 Å². The molecule has 1 aromatic rings. The summed E-state index contributed by atoms with van der Waals surface area (Å²) in [5.41, 5.74) is 5.24. The largest absolute Gasteiger partial charge is 0.329 e. The van der Waals surface area contributed by atoms with Gasteiger partial charge in [-0.2, -0.15) is 0 Å². The summed E-state index contributed by atoms with van der Waals surface area (Å²) in [5.74, 6) is 0.147. The van der Waals surface area contributed by atoms with E-state index in [2.05, 4.69) is 11.6 Å². The molecular weight excluding hydrogens is 279 g/mol. The summed E-state index contributed by atoms with van der Waals surface area (Å²) in [7, 11) is -3.66. The first-order chi connectivity index (χ1) is 9.37. The third kappa shape index (κ3) is 3.37. The highest BCUT2D eigenvalue weighted by molar-refractivity contribution is 7.89. The molecule has 3 N–H and O–H groups in total. The van der Waals surface area contributed by atoms with Crippen molar-refractivity contribution in [3.05, 3.63) is 30.1 Å². The maximum atomic E-state index is 12.9. The highest BCUT2D eigenvalue weighted by Crippen LogP contribution is 2.32. The van der Waals surface area contributed by atoms with Crippen LogP contribution in [0.15, 0.2) is 29.2 Å². The molecule has 0 radical (unpaired) electrons. The number of sulfonamides is 1. The summed E-state index contributed by atoms with van der Waals surface area (Å²) in [6.45, 7) is 2.44. The second kappa shape index (κ2) is 5.79. The summed E-state index contributed by atoms with van der Waals surface area (Å²) in [4.78, 5) is 0.0744. The van der Waals surface area contributed by atoms with Crippen LogP contribution in [0.3, 0.4) is 0 Å². The van der Waals surface area contributed by atoms with Gasteiger partial charge >= 0.3 is 0 Å². The van der Waals surface area contributed by atoms with Crippen LogP contribution in [0.2, 0.25) is 0 Å². The Morgan fingerprint density at radius 3 is 2.35 bits per heavy atom. The Labute approximate surface area is 119 Å². The van der Waals surface area contributed by atoms with Crippen molar-refractivity contribution in [2.75, 3.05) is 6.54 Å². The Kier molecular flexibility index (Phi) is 4.46. The van der Waals surface area contributed by atoms with Gasteiger partial charge in [0.05, 0.1) is 4.90 Å². The third-order valence-electron chi connectivity index (χ3n) is 4.10. The predicted octanol–water partition coefficient (Wildman–Crippen LogP) is 2.01. The topological polar surface area (TPSA) is 72.2 Å². The van der Waals surface area contributed by atoms with E-state index in [-0.39, 0.29) is 11.4 Å². The molecule has 0 bridgehead atoms. The Balaban J connectivity index is 2.20. The SMILES string of the molecule is CC1CCC(CN)(NS(=O)(=O)c2ccc(F)cc2)CC1. The average Bonchev–Trinajstić information content (AvgIpc) is 2.42. The number of rotatable bonds is 4. The Bertz CT molecular complexity index is 549. The summed E-state index contributed by atoms with van der Waals surface area (Å²) in [6, 6.07) is 4.83. The van der Waals surface area contributed by atoms with Crippen molar-refractivity contribution in [2.24, 2.45) is 11.7 Å². The van der Waals surface area contributed by atoms with E-state index in [0.717, 1.165) is 37.8 Å². The molecule has 1 saturated carbocycles. The van der Waals surface area contributed by atoms with Crippen molar-refractivity contribution in [1.29, 1.82) is 0 Å². The molecule has 1 aliphatic carbocycles. The molecule has 20 heavy (non-hydrogen) atoms. The molecule has 0 unspecified atom stereocenters. The molecule has 0 heterocycles. The van der Waals surface area contributed by atoms with Gasteiger partial charge in [0.25, 0.3) is 0 Å². The van der Waals surface area contributed by atoms with Gasteiger partial charge in [0.15, 0.2) is 0 Å². The zero-order chi connectivity index (χ0) is 14.8. The van der Waals surface area contributed by atoms with Crippen LogP contribution in [-0.4, -0.2) is 20.5 Å². The van der Waals surface area contributed by atoms with E-state index in [4.69, 9.17) is 5.73 Å². The molecule has 0 aliphatic heterocycles. The molecule has 1 aromatic carbocycles. The lowest BCUT2D eigenvalue weighted by Crippen LogP contribution is -2.55. The smallest absolute Gasteiger partial charge is 0.241 e. The van der Waals surface area contributed by atoms with Gasteiger partial charge in [-0.25, -0.2) is 17.5 Å². The highest BCUT2D eigenvalue weighted by Gasteiger charge is 2.36. The number of nitrogens with one attached hydrogen (secondary N) is 1. The quantitative estimate of drug-likeness (QED) is 0.893. The highest BCUT2D eigenvalue weighted by atomic mass is 32.2. The molecular formula is C14H21FN2O2S. The predicted molar refractivity (Wildman–Crippen MR) is 76.1 cm³/mol. The van der Waals surface area contributed by atoms with Gasteiger partial charge in [0.2, 0.25) is 10.0 Å². The van der Waals surface area contributed by atoms with Crippen molar-refractivity contribution < 1.29 is 12.8 Å². The van der Waals surface area contributed by atoms with Crippen LogP contribution in [-0.2, 0) is 10.0 Å². The Morgan fingerprint density at radius 1 is 1.30 bits per heavy atom. The maximum Gasteiger partial charge on any atom is 0.241 e. The lowest BCUT2D eigenvalue weighted by Gasteiger charge is -2.38. The van der Waals surface area contributed by atoms with Crippen LogP contribution in [0.5, 0.6) is 0 Å². The van der Waals surface area contributed by atoms with Gasteiger partial charge in [-0.15, -0.1) is 0 Å². The fourth-order valence-electron chi connectivity index (χ4n) is 2.62. The molecule has 1 fully saturated rings. The molecule has 112 valence electrons. The maximum absolute atomic E-state index is 12.9. The molecule has 6 heteroatoms. The first-order valence-corrected chi connectivity index (χ1v) is 8.35. The molecule has 0 amide bonds. The van der Waals surface area contributed by atoms with Crippen LogP contribution in [0.1, 0.15) is 32.6 Å². The minimum Gasteiger partial charge on any atom is -0.329 e. The normalized spacial score (nSPS) is 27.4. The molecule has 2 rings (SSSR count). The van der Waals surface area contributed by atoms with E-state index >= 15 is 0 Å². The van der Waals surface area contributed by atoms with Gasteiger partial charge in [0.1, 0.15) is 5.82 Å². The number of nitrogens with two attached hydrogens (primary N) is 1. The van der Waals surface area contributed by atoms with Crippen molar-refractivity contribution >= 4 is 10.0 Å². The van der Waals surface area contributed by atoms with E-state index in [9.17, 15) is 12.8 Å². The number of hydrogen-bond acceptors (Lipinski definition) is 3. The van der Waals surface area contributed by atoms with Crippen molar-refractivity contribution in [2.45, 2.75) is 43.0 Å². The minimum absolute atomic E-state index is 0.0744. The second-order valence-corrected chi connectivity index (χ2v) is 7.41. The van der Waals surface area contributed by atoms with E-state index in [1.165, 1.54) is 12.1 Å². The molecule has 0 aromatic heterocycles. The van der Waals surface area contributed by atoms with Gasteiger partial charge in [0, 0.05) is 12.1 Å². The molecule has 0 saturated heterocycles. The van der Waals surface area contributed by atoms with E-state index in [1.807, 2.05) is 0 Å². The summed E-state index contributed by atoms with van der Waals surface area (Å²) < 4.78 is 40.4. The van der Waals surface area contributed by atoms with Crippen LogP contribution in [0.25, 0.3) is 0 Å². The number of benzene rings is 1. The fourth-order valence-corrected chi connectivity index (χ4v) is 4.09. The lowest BCUT2D eigenvalue weighted by molar-refractivity contribution is 0.231. The molecule has 0 spiro atoms. The molecule has 4 nitrogen and oxygen atoms in total. The van der Waals surface area contributed by atoms with E-state index in [0.29, 0.717) is 5.92 Å². The standard InChI is InChI=1S/C14H21FN2O2S/c1-11-6-8-14(10-16,9-7-11)17-20(18,19)13-4-2-12(15)3-5-13/h2-5,11,17H,6-10,16H2,1H3. The second-order valence-electron chi connectivity index (χ2n) is 5.73. The van der Waals surface area contributed by atoms with Crippen LogP contribution in [0.4, 0.5) is 4.39 Å². The number of hydrogen-bond donors (Lipinski definition) is 2. The van der Waals surface area contributed by atoms with Crippen molar-refractivity contribution in [3.63, 3.8) is 0 Å². The zero-order valence-electron chi connectivity index (χ0n) is 11.6. The Morgan fingerprint density at radius 2 is 1.85 bits per heavy atom. The Hall–Kier alpha value is -0.980. The van der Waals surface area contributed by atoms with Crippen molar-refractivity contribution in [1.82, 2.24) is 4.72 Å². The van der Waals surface area contributed by atoms with Crippen LogP contribution >= 0.6 is 0 Å². The summed E-state index contributed by atoms with van der Waals surface area (Å²) in [6.07, 6.45) is 3.41. The van der Waals surface area contributed by atoms with Gasteiger partial charge in [-0.05, 0) is 55.9 Å². The average molecular weight is 300 g/mol. The fraction of sp³-hybridized carbons (Fsp3) is 0.571. The molecule has 1 aliphatic rings. The first kappa shape index (κ1) is 15.4. The molecule has 0 atom stereocenters. The number of halogens is 1. The van der Waals surface area contributed by atoms with Crippen LogP contribution in [0, 0.1) is 11.7 Å². The summed E-state index contributed by atoms with van der Waals surface area (Å²) in [5, 5.41) is 0. The van der Waals surface area contributed by atoms with Crippen molar-refractivity contribution in [3.8, 4) is 0 Å². The minimum atomic E-state index is -3.66. The summed E-state index contributed by atoms with van der Waals surface area (Å²) >= 11 is 0. The monoisotopic (exact) mass is 300 g/mol. The van der Waals surface area contributed by atoms with E-state index < -0.39 is 21.4 Å². The van der Waals surface area contributed by atoms with E-state index in [1.54, 1.807) is 0 Å². The van der Waals surface area contributed by atoms with Gasteiger partial charge in [-0.3, -0.25) is 0 Å².